The first-order valence-corrected chi connectivity index (χ1v) is 7.77. The van der Waals surface area contributed by atoms with E-state index in [1.807, 2.05) is 13.8 Å². The summed E-state index contributed by atoms with van der Waals surface area (Å²) in [4.78, 5) is 12.1. The van der Waals surface area contributed by atoms with Crippen molar-refractivity contribution in [2.45, 2.75) is 38.8 Å². The SMILES string of the molecule is Cc1cnn(-c2ccc([C@H](C)NC(=O)[C@H]3CCCO3)cc2F)c1. The number of benzene rings is 1. The van der Waals surface area contributed by atoms with Crippen LogP contribution in [0.4, 0.5) is 4.39 Å². The molecule has 1 aliphatic heterocycles. The van der Waals surface area contributed by atoms with Crippen molar-refractivity contribution >= 4 is 5.91 Å². The van der Waals surface area contributed by atoms with Gasteiger partial charge in [0.15, 0.2) is 0 Å². The van der Waals surface area contributed by atoms with E-state index in [-0.39, 0.29) is 23.9 Å². The highest BCUT2D eigenvalue weighted by Crippen LogP contribution is 2.20. The number of rotatable bonds is 4. The van der Waals surface area contributed by atoms with E-state index in [9.17, 15) is 9.18 Å². The molecule has 2 atom stereocenters. The van der Waals surface area contributed by atoms with Crippen LogP contribution in [0, 0.1) is 12.7 Å². The smallest absolute Gasteiger partial charge is 0.249 e. The number of ether oxygens (including phenoxy) is 1. The lowest BCUT2D eigenvalue weighted by atomic mass is 10.1. The average Bonchev–Trinajstić information content (AvgIpc) is 3.18. The molecule has 5 nitrogen and oxygen atoms in total. The van der Waals surface area contributed by atoms with Gasteiger partial charge in [-0.2, -0.15) is 5.10 Å². The molecule has 1 fully saturated rings. The maximum absolute atomic E-state index is 14.3. The molecule has 2 heterocycles. The molecule has 122 valence electrons. The van der Waals surface area contributed by atoms with Gasteiger partial charge in [0.1, 0.15) is 17.6 Å². The van der Waals surface area contributed by atoms with E-state index < -0.39 is 0 Å². The molecule has 0 unspecified atom stereocenters. The molecular formula is C17H20FN3O2. The third kappa shape index (κ3) is 3.42. The summed E-state index contributed by atoms with van der Waals surface area (Å²) >= 11 is 0. The van der Waals surface area contributed by atoms with Crippen LogP contribution in [0.5, 0.6) is 0 Å². The van der Waals surface area contributed by atoms with Crippen molar-refractivity contribution in [3.05, 3.63) is 47.5 Å². The van der Waals surface area contributed by atoms with Crippen molar-refractivity contribution in [2.75, 3.05) is 6.61 Å². The maximum Gasteiger partial charge on any atom is 0.249 e. The van der Waals surface area contributed by atoms with Gasteiger partial charge in [0, 0.05) is 12.8 Å². The van der Waals surface area contributed by atoms with Gasteiger partial charge < -0.3 is 10.1 Å². The zero-order valence-corrected chi connectivity index (χ0v) is 13.3. The van der Waals surface area contributed by atoms with Crippen LogP contribution < -0.4 is 5.32 Å². The van der Waals surface area contributed by atoms with Crippen LogP contribution >= 0.6 is 0 Å². The van der Waals surface area contributed by atoms with Crippen LogP contribution in [0.3, 0.4) is 0 Å². The van der Waals surface area contributed by atoms with Crippen molar-refractivity contribution in [3.63, 3.8) is 0 Å². The molecule has 23 heavy (non-hydrogen) atoms. The molecule has 0 radical (unpaired) electrons. The first-order chi connectivity index (χ1) is 11.0. The number of aromatic nitrogens is 2. The quantitative estimate of drug-likeness (QED) is 0.943. The second-order valence-electron chi connectivity index (χ2n) is 5.91. The predicted molar refractivity (Wildman–Crippen MR) is 83.8 cm³/mol. The number of carbonyl (C=O) groups is 1. The van der Waals surface area contributed by atoms with Crippen molar-refractivity contribution in [2.24, 2.45) is 0 Å². The maximum atomic E-state index is 14.3. The van der Waals surface area contributed by atoms with Gasteiger partial charge in [-0.1, -0.05) is 6.07 Å². The normalized spacial score (nSPS) is 18.8. The molecule has 1 amide bonds. The first-order valence-electron chi connectivity index (χ1n) is 7.77. The summed E-state index contributed by atoms with van der Waals surface area (Å²) in [6.07, 6.45) is 4.70. The average molecular weight is 317 g/mol. The Morgan fingerprint density at radius 2 is 2.35 bits per heavy atom. The molecule has 0 bridgehead atoms. The molecule has 1 saturated heterocycles. The van der Waals surface area contributed by atoms with Gasteiger partial charge in [0.05, 0.1) is 12.2 Å². The van der Waals surface area contributed by atoms with Crippen LogP contribution in [0.2, 0.25) is 0 Å². The monoisotopic (exact) mass is 317 g/mol. The Hall–Kier alpha value is -2.21. The van der Waals surface area contributed by atoms with Gasteiger partial charge in [-0.05, 0) is 49.9 Å². The fourth-order valence-electron chi connectivity index (χ4n) is 2.70. The van der Waals surface area contributed by atoms with Crippen LogP contribution in [0.25, 0.3) is 5.69 Å². The molecule has 1 aromatic heterocycles. The first kappa shape index (κ1) is 15.7. The second kappa shape index (κ2) is 6.50. The Labute approximate surface area is 134 Å². The van der Waals surface area contributed by atoms with Crippen molar-refractivity contribution in [1.82, 2.24) is 15.1 Å². The Morgan fingerprint density at radius 1 is 1.52 bits per heavy atom. The summed E-state index contributed by atoms with van der Waals surface area (Å²) in [7, 11) is 0. The summed E-state index contributed by atoms with van der Waals surface area (Å²) in [5, 5.41) is 6.99. The molecule has 0 saturated carbocycles. The molecule has 0 spiro atoms. The molecule has 1 N–H and O–H groups in total. The van der Waals surface area contributed by atoms with Crippen molar-refractivity contribution in [1.29, 1.82) is 0 Å². The number of hydrogen-bond acceptors (Lipinski definition) is 3. The van der Waals surface area contributed by atoms with Gasteiger partial charge in [0.2, 0.25) is 5.91 Å². The molecule has 1 aromatic carbocycles. The van der Waals surface area contributed by atoms with E-state index in [0.717, 1.165) is 18.4 Å². The highest BCUT2D eigenvalue weighted by atomic mass is 19.1. The van der Waals surface area contributed by atoms with Crippen LogP contribution in [0.1, 0.15) is 36.9 Å². The van der Waals surface area contributed by atoms with Gasteiger partial charge in [-0.3, -0.25) is 4.79 Å². The number of hydrogen-bond donors (Lipinski definition) is 1. The molecule has 2 aromatic rings. The minimum atomic E-state index is -0.381. The van der Waals surface area contributed by atoms with Crippen LogP contribution in [0.15, 0.2) is 30.6 Å². The Kier molecular flexibility index (Phi) is 4.43. The Bertz CT molecular complexity index is 708. The third-order valence-electron chi connectivity index (χ3n) is 4.01. The summed E-state index contributed by atoms with van der Waals surface area (Å²) < 4.78 is 21.2. The largest absolute Gasteiger partial charge is 0.368 e. The van der Waals surface area contributed by atoms with Crippen LogP contribution in [-0.4, -0.2) is 28.4 Å². The number of nitrogens with zero attached hydrogens (tertiary/aromatic N) is 2. The molecule has 6 heteroatoms. The van der Waals surface area contributed by atoms with Crippen molar-refractivity contribution in [3.8, 4) is 5.69 Å². The predicted octanol–water partition coefficient (Wildman–Crippen LogP) is 2.68. The van der Waals surface area contributed by atoms with E-state index in [1.54, 1.807) is 24.5 Å². The Balaban J connectivity index is 1.72. The number of carbonyl (C=O) groups excluding carboxylic acids is 1. The highest BCUT2D eigenvalue weighted by molar-refractivity contribution is 5.81. The number of halogens is 1. The Morgan fingerprint density at radius 3 is 2.96 bits per heavy atom. The standard InChI is InChI=1S/C17H20FN3O2/c1-11-9-19-21(10-11)15-6-5-13(8-14(15)18)12(2)20-17(22)16-4-3-7-23-16/h5-6,8-10,12,16H,3-4,7H2,1-2H3,(H,20,22)/t12-,16+/m0/s1. The zero-order chi connectivity index (χ0) is 16.4. The van der Waals surface area contributed by atoms with Crippen LogP contribution in [-0.2, 0) is 9.53 Å². The minimum absolute atomic E-state index is 0.137. The molecule has 1 aliphatic rings. The molecule has 3 rings (SSSR count). The fourth-order valence-corrected chi connectivity index (χ4v) is 2.70. The third-order valence-corrected chi connectivity index (χ3v) is 4.01. The summed E-state index contributed by atoms with van der Waals surface area (Å²) in [5.41, 5.74) is 2.06. The van der Waals surface area contributed by atoms with Gasteiger partial charge in [-0.15, -0.1) is 0 Å². The molecular weight excluding hydrogens is 297 g/mol. The van der Waals surface area contributed by atoms with E-state index in [2.05, 4.69) is 10.4 Å². The van der Waals surface area contributed by atoms with E-state index in [4.69, 9.17) is 4.74 Å². The topological polar surface area (TPSA) is 56.2 Å². The lowest BCUT2D eigenvalue weighted by Crippen LogP contribution is -2.35. The lowest BCUT2D eigenvalue weighted by molar-refractivity contribution is -0.130. The number of aryl methyl sites for hydroxylation is 1. The summed E-state index contributed by atoms with van der Waals surface area (Å²) in [6.45, 7) is 4.36. The van der Waals surface area contributed by atoms with E-state index >= 15 is 0 Å². The van der Waals surface area contributed by atoms with Gasteiger partial charge >= 0.3 is 0 Å². The van der Waals surface area contributed by atoms with E-state index in [0.29, 0.717) is 17.9 Å². The second-order valence-corrected chi connectivity index (χ2v) is 5.91. The van der Waals surface area contributed by atoms with Crippen molar-refractivity contribution < 1.29 is 13.9 Å². The highest BCUT2D eigenvalue weighted by Gasteiger charge is 2.25. The zero-order valence-electron chi connectivity index (χ0n) is 13.3. The van der Waals surface area contributed by atoms with Gasteiger partial charge in [-0.25, -0.2) is 9.07 Å². The lowest BCUT2D eigenvalue weighted by Gasteiger charge is -2.18. The fraction of sp³-hybridized carbons (Fsp3) is 0.412. The number of amides is 1. The minimum Gasteiger partial charge on any atom is -0.368 e. The van der Waals surface area contributed by atoms with E-state index in [1.165, 1.54) is 10.7 Å². The summed E-state index contributed by atoms with van der Waals surface area (Å²) in [6, 6.07) is 4.63. The molecule has 0 aliphatic carbocycles. The number of nitrogens with one attached hydrogen (secondary N) is 1. The van der Waals surface area contributed by atoms with Gasteiger partial charge in [0.25, 0.3) is 0 Å². The summed E-state index contributed by atoms with van der Waals surface area (Å²) in [5.74, 6) is -0.508.